The van der Waals surface area contributed by atoms with E-state index in [1.54, 1.807) is 0 Å². The first kappa shape index (κ1) is 33.9. The van der Waals surface area contributed by atoms with Crippen LogP contribution in [0, 0.1) is 0 Å². The molecular weight excluding hydrogens is 733 g/mol. The monoisotopic (exact) mass is 766 g/mol. The van der Waals surface area contributed by atoms with Crippen molar-refractivity contribution in [1.29, 1.82) is 0 Å². The van der Waals surface area contributed by atoms with Gasteiger partial charge in [0.05, 0.1) is 11.0 Å². The fourth-order valence-electron chi connectivity index (χ4n) is 8.88. The molecule has 12 rings (SSSR count). The normalized spacial score (nSPS) is 11.7. The average molecular weight is 767 g/mol. The predicted octanol–water partition coefficient (Wildman–Crippen LogP) is 14.4. The standard InChI is InChI=1S/C55H34N4O/c1-3-16-36(17-4-1)53-56-54(37-18-5-2-6-19-37)58-55(57-53)59-48-32-31-35-15-7-8-24-42(35)50(48)47-29-13-26-43(51(47)59)40-22-11-20-38(33-40)39-21-12-23-41(34-39)44-27-14-28-46-45-25-9-10-30-49(45)60-52(44)46/h1-34H. The van der Waals surface area contributed by atoms with Gasteiger partial charge in [0.25, 0.3) is 0 Å². The van der Waals surface area contributed by atoms with E-state index in [1.165, 1.54) is 10.8 Å². The van der Waals surface area contributed by atoms with E-state index in [2.05, 4.69) is 162 Å². The molecule has 3 heterocycles. The van der Waals surface area contributed by atoms with Crippen LogP contribution in [0.15, 0.2) is 211 Å². The van der Waals surface area contributed by atoms with Crippen molar-refractivity contribution in [2.24, 2.45) is 0 Å². The lowest BCUT2D eigenvalue weighted by Crippen LogP contribution is -2.07. The molecule has 0 aliphatic carbocycles. The molecule has 0 bridgehead atoms. The van der Waals surface area contributed by atoms with Crippen molar-refractivity contribution in [3.05, 3.63) is 206 Å². The summed E-state index contributed by atoms with van der Waals surface area (Å²) in [5.41, 5.74) is 12.3. The highest BCUT2D eigenvalue weighted by atomic mass is 16.3. The van der Waals surface area contributed by atoms with Gasteiger partial charge in [-0.1, -0.05) is 182 Å². The number of nitrogens with zero attached hydrogens (tertiary/aromatic N) is 4. The van der Waals surface area contributed by atoms with Crippen LogP contribution in [0.5, 0.6) is 0 Å². The van der Waals surface area contributed by atoms with Crippen molar-refractivity contribution >= 4 is 54.5 Å². The lowest BCUT2D eigenvalue weighted by molar-refractivity contribution is 0.670. The third-order valence-corrected chi connectivity index (χ3v) is 11.6. The van der Waals surface area contributed by atoms with Crippen molar-refractivity contribution in [2.45, 2.75) is 0 Å². The molecule has 0 atom stereocenters. The molecule has 0 amide bonds. The molecule has 0 fully saturated rings. The van der Waals surface area contributed by atoms with Crippen LogP contribution in [0.4, 0.5) is 0 Å². The molecule has 9 aromatic carbocycles. The van der Waals surface area contributed by atoms with Gasteiger partial charge in [-0.05, 0) is 57.3 Å². The summed E-state index contributed by atoms with van der Waals surface area (Å²) in [5, 5.41) is 6.91. The lowest BCUT2D eigenvalue weighted by Gasteiger charge is -2.14. The first-order valence-electron chi connectivity index (χ1n) is 20.2. The molecule has 5 nitrogen and oxygen atoms in total. The van der Waals surface area contributed by atoms with Crippen molar-refractivity contribution in [1.82, 2.24) is 19.5 Å². The van der Waals surface area contributed by atoms with Gasteiger partial charge in [0.15, 0.2) is 11.6 Å². The van der Waals surface area contributed by atoms with Gasteiger partial charge in [-0.3, -0.25) is 4.57 Å². The highest BCUT2D eigenvalue weighted by Gasteiger charge is 2.22. The molecule has 0 N–H and O–H groups in total. The molecule has 3 aromatic heterocycles. The number of benzene rings is 9. The Morgan fingerprint density at radius 2 is 0.900 bits per heavy atom. The third kappa shape index (κ3) is 5.52. The maximum absolute atomic E-state index is 6.45. The van der Waals surface area contributed by atoms with Crippen molar-refractivity contribution in [3.8, 4) is 62.1 Å². The van der Waals surface area contributed by atoms with Crippen molar-refractivity contribution in [3.63, 3.8) is 0 Å². The zero-order chi connectivity index (χ0) is 39.6. The van der Waals surface area contributed by atoms with E-state index in [1.807, 2.05) is 48.5 Å². The Kier molecular flexibility index (Phi) is 7.78. The number of rotatable bonds is 6. The zero-order valence-electron chi connectivity index (χ0n) is 32.3. The first-order valence-corrected chi connectivity index (χ1v) is 20.2. The maximum atomic E-state index is 6.45. The summed E-state index contributed by atoms with van der Waals surface area (Å²) in [6, 6.07) is 72.2. The molecule has 12 aromatic rings. The zero-order valence-corrected chi connectivity index (χ0v) is 32.3. The van der Waals surface area contributed by atoms with Gasteiger partial charge in [0.2, 0.25) is 5.95 Å². The summed E-state index contributed by atoms with van der Waals surface area (Å²) >= 11 is 0. The summed E-state index contributed by atoms with van der Waals surface area (Å²) in [6.07, 6.45) is 0. The molecule has 0 aliphatic rings. The fraction of sp³-hybridized carbons (Fsp3) is 0. The van der Waals surface area contributed by atoms with Gasteiger partial charge in [0, 0.05) is 43.8 Å². The molecule has 0 unspecified atom stereocenters. The highest BCUT2D eigenvalue weighted by molar-refractivity contribution is 6.23. The highest BCUT2D eigenvalue weighted by Crippen LogP contribution is 2.42. The molecule has 0 saturated heterocycles. The minimum absolute atomic E-state index is 0.564. The van der Waals surface area contributed by atoms with Crippen LogP contribution in [0.3, 0.4) is 0 Å². The SMILES string of the molecule is c1ccc(-c2nc(-c3ccccc3)nc(-n3c4ccc5ccccc5c4c4cccc(-c5cccc(-c6cccc(-c7cccc8c7oc7ccccc78)c6)c5)c43)n2)cc1. The van der Waals surface area contributed by atoms with E-state index in [9.17, 15) is 0 Å². The van der Waals surface area contributed by atoms with Gasteiger partial charge >= 0.3 is 0 Å². The Hall–Kier alpha value is -8.15. The molecule has 0 aliphatic heterocycles. The van der Waals surface area contributed by atoms with Crippen LogP contribution in [0.2, 0.25) is 0 Å². The molecule has 5 heteroatoms. The Morgan fingerprint density at radius 1 is 0.367 bits per heavy atom. The van der Waals surface area contributed by atoms with Crippen LogP contribution < -0.4 is 0 Å². The van der Waals surface area contributed by atoms with Gasteiger partial charge in [-0.25, -0.2) is 4.98 Å². The van der Waals surface area contributed by atoms with Crippen molar-refractivity contribution < 1.29 is 4.42 Å². The second-order valence-corrected chi connectivity index (χ2v) is 15.2. The second-order valence-electron chi connectivity index (χ2n) is 15.2. The van der Waals surface area contributed by atoms with E-state index in [0.29, 0.717) is 17.6 Å². The third-order valence-electron chi connectivity index (χ3n) is 11.6. The molecule has 0 spiro atoms. The lowest BCUT2D eigenvalue weighted by atomic mass is 9.94. The summed E-state index contributed by atoms with van der Waals surface area (Å²) < 4.78 is 8.69. The number of fused-ring (bicyclic) bond motifs is 8. The van der Waals surface area contributed by atoms with E-state index < -0.39 is 0 Å². The molecule has 280 valence electrons. The van der Waals surface area contributed by atoms with E-state index >= 15 is 0 Å². The van der Waals surface area contributed by atoms with Crippen molar-refractivity contribution in [2.75, 3.05) is 0 Å². The largest absolute Gasteiger partial charge is 0.455 e. The molecule has 0 saturated carbocycles. The molecule has 0 radical (unpaired) electrons. The quantitative estimate of drug-likeness (QED) is 0.169. The van der Waals surface area contributed by atoms with E-state index in [0.717, 1.165) is 88.3 Å². The smallest absolute Gasteiger partial charge is 0.238 e. The Balaban J connectivity index is 1.08. The first-order chi connectivity index (χ1) is 29.7. The minimum Gasteiger partial charge on any atom is -0.455 e. The number of aromatic nitrogens is 4. The summed E-state index contributed by atoms with van der Waals surface area (Å²) in [4.78, 5) is 15.6. The summed E-state index contributed by atoms with van der Waals surface area (Å²) in [6.45, 7) is 0. The van der Waals surface area contributed by atoms with Crippen LogP contribution in [0.25, 0.3) is 117 Å². The minimum atomic E-state index is 0.564. The number of furan rings is 1. The average Bonchev–Trinajstić information content (AvgIpc) is 3.89. The van der Waals surface area contributed by atoms with E-state index in [-0.39, 0.29) is 0 Å². The topological polar surface area (TPSA) is 56.7 Å². The molecule has 60 heavy (non-hydrogen) atoms. The molecular formula is C55H34N4O. The Bertz CT molecular complexity index is 3550. The van der Waals surface area contributed by atoms with Crippen LogP contribution in [0.1, 0.15) is 0 Å². The number of hydrogen-bond acceptors (Lipinski definition) is 4. The summed E-state index contributed by atoms with van der Waals surface area (Å²) in [5.74, 6) is 1.80. The van der Waals surface area contributed by atoms with Crippen LogP contribution in [-0.4, -0.2) is 19.5 Å². The van der Waals surface area contributed by atoms with Gasteiger partial charge in [0.1, 0.15) is 11.2 Å². The van der Waals surface area contributed by atoms with Gasteiger partial charge in [-0.2, -0.15) is 9.97 Å². The number of hydrogen-bond donors (Lipinski definition) is 0. The predicted molar refractivity (Wildman–Crippen MR) is 246 cm³/mol. The van der Waals surface area contributed by atoms with Crippen LogP contribution >= 0.6 is 0 Å². The summed E-state index contributed by atoms with van der Waals surface area (Å²) in [7, 11) is 0. The fourth-order valence-corrected chi connectivity index (χ4v) is 8.88. The van der Waals surface area contributed by atoms with Gasteiger partial charge in [-0.15, -0.1) is 0 Å². The van der Waals surface area contributed by atoms with Crippen LogP contribution in [-0.2, 0) is 0 Å². The maximum Gasteiger partial charge on any atom is 0.238 e. The Morgan fingerprint density at radius 3 is 1.62 bits per heavy atom. The number of para-hydroxylation sites is 3. The Labute approximate surface area is 345 Å². The van der Waals surface area contributed by atoms with E-state index in [4.69, 9.17) is 19.4 Å². The second kappa shape index (κ2) is 13.8. The van der Waals surface area contributed by atoms with Gasteiger partial charge < -0.3 is 4.42 Å².